The van der Waals surface area contributed by atoms with Crippen LogP contribution in [0.3, 0.4) is 0 Å². The van der Waals surface area contributed by atoms with E-state index in [1.54, 1.807) is 12.3 Å². The summed E-state index contributed by atoms with van der Waals surface area (Å²) in [5, 5.41) is 6.91. The zero-order chi connectivity index (χ0) is 16.1. The number of rotatable bonds is 5. The SMILES string of the molecule is Nc1ccc(Cc2nc(CC(=O)NC3CCCCC3)no2)nc1. The van der Waals surface area contributed by atoms with Crippen LogP contribution in [0.4, 0.5) is 5.69 Å². The van der Waals surface area contributed by atoms with Gasteiger partial charge in [-0.15, -0.1) is 0 Å². The van der Waals surface area contributed by atoms with Crippen molar-refractivity contribution < 1.29 is 9.32 Å². The minimum atomic E-state index is -0.0464. The zero-order valence-corrected chi connectivity index (χ0v) is 13.0. The molecule has 7 heteroatoms. The number of hydrogen-bond donors (Lipinski definition) is 2. The summed E-state index contributed by atoms with van der Waals surface area (Å²) in [6, 6.07) is 3.88. The van der Waals surface area contributed by atoms with Gasteiger partial charge in [0.05, 0.1) is 24.7 Å². The smallest absolute Gasteiger partial charge is 0.232 e. The molecule has 2 aromatic heterocycles. The van der Waals surface area contributed by atoms with E-state index < -0.39 is 0 Å². The standard InChI is InChI=1S/C16H21N5O2/c17-11-6-7-13(18-10-11)8-16-20-14(21-23-16)9-15(22)19-12-4-2-1-3-5-12/h6-7,10,12H,1-5,8-9,17H2,(H,19,22). The highest BCUT2D eigenvalue weighted by Crippen LogP contribution is 2.17. The topological polar surface area (TPSA) is 107 Å². The highest BCUT2D eigenvalue weighted by atomic mass is 16.5. The van der Waals surface area contributed by atoms with E-state index in [0.717, 1.165) is 18.5 Å². The zero-order valence-electron chi connectivity index (χ0n) is 13.0. The van der Waals surface area contributed by atoms with Crippen molar-refractivity contribution in [3.05, 3.63) is 35.7 Å². The molecule has 2 heterocycles. The van der Waals surface area contributed by atoms with Crippen molar-refractivity contribution in [2.24, 2.45) is 0 Å². The van der Waals surface area contributed by atoms with Crippen molar-refractivity contribution in [1.29, 1.82) is 0 Å². The summed E-state index contributed by atoms with van der Waals surface area (Å²) in [7, 11) is 0. The van der Waals surface area contributed by atoms with Crippen LogP contribution in [0, 0.1) is 0 Å². The lowest BCUT2D eigenvalue weighted by Gasteiger charge is -2.22. The van der Waals surface area contributed by atoms with Crippen LogP contribution in [0.1, 0.15) is 49.5 Å². The van der Waals surface area contributed by atoms with Crippen molar-refractivity contribution in [2.75, 3.05) is 5.73 Å². The van der Waals surface area contributed by atoms with E-state index in [1.807, 2.05) is 6.07 Å². The molecule has 1 aliphatic rings. The number of nitrogens with two attached hydrogens (primary N) is 1. The molecule has 0 spiro atoms. The van der Waals surface area contributed by atoms with Gasteiger partial charge in [-0.3, -0.25) is 9.78 Å². The van der Waals surface area contributed by atoms with Crippen molar-refractivity contribution in [3.63, 3.8) is 0 Å². The van der Waals surface area contributed by atoms with Gasteiger partial charge in [-0.05, 0) is 25.0 Å². The molecule has 1 aliphatic carbocycles. The Labute approximate surface area is 134 Å². The molecule has 1 fully saturated rings. The Hall–Kier alpha value is -2.44. The van der Waals surface area contributed by atoms with Crippen molar-refractivity contribution in [3.8, 4) is 0 Å². The lowest BCUT2D eigenvalue weighted by atomic mass is 9.95. The van der Waals surface area contributed by atoms with Gasteiger partial charge in [0.25, 0.3) is 0 Å². The summed E-state index contributed by atoms with van der Waals surface area (Å²) >= 11 is 0. The molecule has 0 atom stereocenters. The third kappa shape index (κ3) is 4.51. The maximum absolute atomic E-state index is 12.0. The summed E-state index contributed by atoms with van der Waals surface area (Å²) < 4.78 is 5.18. The molecule has 122 valence electrons. The largest absolute Gasteiger partial charge is 0.397 e. The second-order valence-corrected chi connectivity index (χ2v) is 5.94. The number of nitrogen functional groups attached to an aromatic ring is 1. The number of pyridine rings is 1. The van der Waals surface area contributed by atoms with Crippen LogP contribution in [0.25, 0.3) is 0 Å². The highest BCUT2D eigenvalue weighted by molar-refractivity contribution is 5.78. The molecule has 0 aliphatic heterocycles. The van der Waals surface area contributed by atoms with E-state index in [9.17, 15) is 4.79 Å². The molecule has 3 N–H and O–H groups in total. The highest BCUT2D eigenvalue weighted by Gasteiger charge is 2.17. The van der Waals surface area contributed by atoms with Gasteiger partial charge in [-0.25, -0.2) is 0 Å². The number of carbonyl (C=O) groups is 1. The second kappa shape index (κ2) is 7.21. The fraction of sp³-hybridized carbons (Fsp3) is 0.500. The normalized spacial score (nSPS) is 15.5. The summed E-state index contributed by atoms with van der Waals surface area (Å²) in [6.07, 6.45) is 7.92. The molecule has 0 aromatic carbocycles. The Bertz CT molecular complexity index is 647. The van der Waals surface area contributed by atoms with E-state index in [0.29, 0.717) is 29.9 Å². The lowest BCUT2D eigenvalue weighted by molar-refractivity contribution is -0.121. The van der Waals surface area contributed by atoms with Crippen LogP contribution in [0.5, 0.6) is 0 Å². The molecule has 1 amide bonds. The molecule has 0 saturated heterocycles. The summed E-state index contributed by atoms with van der Waals surface area (Å²) in [5.74, 6) is 0.807. The Morgan fingerprint density at radius 3 is 2.87 bits per heavy atom. The number of carbonyl (C=O) groups excluding carboxylic acids is 1. The Balaban J connectivity index is 1.52. The third-order valence-corrected chi connectivity index (χ3v) is 3.98. The monoisotopic (exact) mass is 315 g/mol. The molecule has 0 bridgehead atoms. The Kier molecular flexibility index (Phi) is 4.85. The average molecular weight is 315 g/mol. The first-order valence-electron chi connectivity index (χ1n) is 8.00. The minimum absolute atomic E-state index is 0.0464. The predicted octanol–water partition coefficient (Wildman–Crippen LogP) is 1.63. The number of aromatic nitrogens is 3. The van der Waals surface area contributed by atoms with Gasteiger partial charge in [-0.2, -0.15) is 4.98 Å². The van der Waals surface area contributed by atoms with Gasteiger partial charge in [0, 0.05) is 11.7 Å². The van der Waals surface area contributed by atoms with Crippen molar-refractivity contribution in [2.45, 2.75) is 51.0 Å². The maximum atomic E-state index is 12.0. The molecular weight excluding hydrogens is 294 g/mol. The van der Waals surface area contributed by atoms with E-state index in [1.165, 1.54) is 19.3 Å². The van der Waals surface area contributed by atoms with Crippen molar-refractivity contribution >= 4 is 11.6 Å². The van der Waals surface area contributed by atoms with Gasteiger partial charge in [0.1, 0.15) is 0 Å². The van der Waals surface area contributed by atoms with Crippen LogP contribution in [0.2, 0.25) is 0 Å². The average Bonchev–Trinajstić information content (AvgIpc) is 2.97. The molecule has 7 nitrogen and oxygen atoms in total. The minimum Gasteiger partial charge on any atom is -0.397 e. The molecule has 0 radical (unpaired) electrons. The van der Waals surface area contributed by atoms with Gasteiger partial charge >= 0.3 is 0 Å². The molecule has 0 unspecified atom stereocenters. The third-order valence-electron chi connectivity index (χ3n) is 3.98. The van der Waals surface area contributed by atoms with Crippen LogP contribution in [0.15, 0.2) is 22.9 Å². The van der Waals surface area contributed by atoms with E-state index in [4.69, 9.17) is 10.3 Å². The molecular formula is C16H21N5O2. The summed E-state index contributed by atoms with van der Waals surface area (Å²) in [4.78, 5) is 20.5. The number of amides is 1. The van der Waals surface area contributed by atoms with E-state index in [-0.39, 0.29) is 12.3 Å². The lowest BCUT2D eigenvalue weighted by Crippen LogP contribution is -2.37. The first-order chi connectivity index (χ1) is 11.2. The Morgan fingerprint density at radius 2 is 2.13 bits per heavy atom. The van der Waals surface area contributed by atoms with E-state index >= 15 is 0 Å². The quantitative estimate of drug-likeness (QED) is 0.868. The van der Waals surface area contributed by atoms with Gasteiger partial charge in [0.2, 0.25) is 11.8 Å². The Morgan fingerprint density at radius 1 is 1.30 bits per heavy atom. The molecule has 1 saturated carbocycles. The van der Waals surface area contributed by atoms with E-state index in [2.05, 4.69) is 20.4 Å². The van der Waals surface area contributed by atoms with Crippen molar-refractivity contribution in [1.82, 2.24) is 20.4 Å². The maximum Gasteiger partial charge on any atom is 0.232 e. The van der Waals surface area contributed by atoms with Crippen LogP contribution < -0.4 is 11.1 Å². The molecule has 3 rings (SSSR count). The fourth-order valence-electron chi connectivity index (χ4n) is 2.80. The fourth-order valence-corrected chi connectivity index (χ4v) is 2.80. The summed E-state index contributed by atoms with van der Waals surface area (Å²) in [5.41, 5.74) is 7.00. The number of hydrogen-bond acceptors (Lipinski definition) is 6. The molecule has 2 aromatic rings. The van der Waals surface area contributed by atoms with Gasteiger partial charge in [-0.1, -0.05) is 24.4 Å². The van der Waals surface area contributed by atoms with Crippen LogP contribution in [-0.2, 0) is 17.6 Å². The predicted molar refractivity (Wildman–Crippen MR) is 84.5 cm³/mol. The van der Waals surface area contributed by atoms with Crippen LogP contribution in [-0.4, -0.2) is 27.1 Å². The first kappa shape index (κ1) is 15.5. The van der Waals surface area contributed by atoms with Gasteiger partial charge < -0.3 is 15.6 Å². The van der Waals surface area contributed by atoms with Crippen LogP contribution >= 0.6 is 0 Å². The first-order valence-corrected chi connectivity index (χ1v) is 8.00. The number of anilines is 1. The second-order valence-electron chi connectivity index (χ2n) is 5.94. The number of nitrogens with zero attached hydrogens (tertiary/aromatic N) is 3. The number of nitrogens with one attached hydrogen (secondary N) is 1. The molecule has 23 heavy (non-hydrogen) atoms. The van der Waals surface area contributed by atoms with Gasteiger partial charge in [0.15, 0.2) is 5.82 Å². The summed E-state index contributed by atoms with van der Waals surface area (Å²) in [6.45, 7) is 0.